The number of nitrogens with zero attached hydrogens (tertiary/aromatic N) is 1. The van der Waals surface area contributed by atoms with Crippen LogP contribution in [0.3, 0.4) is 0 Å². The Morgan fingerprint density at radius 2 is 2.06 bits per heavy atom. The molecule has 0 aliphatic carbocycles. The Labute approximate surface area is 103 Å². The molecular formula is C12H25N3O2. The summed E-state index contributed by atoms with van der Waals surface area (Å²) in [7, 11) is 0. The Morgan fingerprint density at radius 3 is 2.59 bits per heavy atom. The number of amides is 1. The summed E-state index contributed by atoms with van der Waals surface area (Å²) in [6.07, 6.45) is 2.50. The van der Waals surface area contributed by atoms with Crippen LogP contribution in [0.5, 0.6) is 0 Å². The van der Waals surface area contributed by atoms with Gasteiger partial charge in [0, 0.05) is 31.3 Å². The van der Waals surface area contributed by atoms with Crippen LogP contribution in [0.15, 0.2) is 0 Å². The summed E-state index contributed by atoms with van der Waals surface area (Å²) in [5, 5.41) is 11.8. The van der Waals surface area contributed by atoms with Gasteiger partial charge in [0.25, 0.3) is 0 Å². The first-order chi connectivity index (χ1) is 7.93. The highest BCUT2D eigenvalue weighted by atomic mass is 16.3. The molecule has 0 saturated carbocycles. The van der Waals surface area contributed by atoms with Crippen LogP contribution in [0.25, 0.3) is 0 Å². The molecule has 0 radical (unpaired) electrons. The predicted molar refractivity (Wildman–Crippen MR) is 67.6 cm³/mol. The summed E-state index contributed by atoms with van der Waals surface area (Å²) >= 11 is 0. The van der Waals surface area contributed by atoms with E-state index in [-0.39, 0.29) is 18.1 Å². The quantitative estimate of drug-likeness (QED) is 0.619. The van der Waals surface area contributed by atoms with Gasteiger partial charge in [-0.05, 0) is 33.1 Å². The van der Waals surface area contributed by atoms with E-state index in [1.165, 1.54) is 0 Å². The van der Waals surface area contributed by atoms with E-state index < -0.39 is 0 Å². The summed E-state index contributed by atoms with van der Waals surface area (Å²) in [6.45, 7) is 6.16. The molecule has 1 amide bonds. The number of likely N-dealkylation sites (tertiary alicyclic amines) is 1. The largest absolute Gasteiger partial charge is 0.396 e. The molecule has 0 aromatic carbocycles. The van der Waals surface area contributed by atoms with Gasteiger partial charge in [0.1, 0.15) is 0 Å². The molecule has 4 N–H and O–H groups in total. The molecule has 0 spiro atoms. The van der Waals surface area contributed by atoms with Crippen LogP contribution in [0.1, 0.15) is 33.1 Å². The Hall–Kier alpha value is -0.650. The fraction of sp³-hybridized carbons (Fsp3) is 0.917. The third-order valence-electron chi connectivity index (χ3n) is 3.21. The molecule has 5 nitrogen and oxygen atoms in total. The standard InChI is InChI=1S/C12H25N3O2/c1-12(2,5-8-16)14-11(17)9-15-6-3-10(13)4-7-15/h10,16H,3-9,13H2,1-2H3,(H,14,17). The van der Waals surface area contributed by atoms with Crippen molar-refractivity contribution >= 4 is 5.91 Å². The highest BCUT2D eigenvalue weighted by Gasteiger charge is 2.22. The van der Waals surface area contributed by atoms with Gasteiger partial charge in [-0.25, -0.2) is 0 Å². The van der Waals surface area contributed by atoms with Crippen molar-refractivity contribution in [2.75, 3.05) is 26.2 Å². The number of aliphatic hydroxyl groups excluding tert-OH is 1. The van der Waals surface area contributed by atoms with Crippen molar-refractivity contribution in [3.63, 3.8) is 0 Å². The van der Waals surface area contributed by atoms with Crippen LogP contribution in [0.2, 0.25) is 0 Å². The molecule has 1 aliphatic rings. The maximum atomic E-state index is 11.8. The second kappa shape index (κ2) is 6.33. The first kappa shape index (κ1) is 14.4. The predicted octanol–water partition coefficient (Wildman–Crippen LogP) is -0.313. The van der Waals surface area contributed by atoms with Crippen LogP contribution in [0.4, 0.5) is 0 Å². The second-order valence-electron chi connectivity index (χ2n) is 5.52. The SMILES string of the molecule is CC(C)(CCO)NC(=O)CN1CCC(N)CC1. The van der Waals surface area contributed by atoms with Crippen LogP contribution < -0.4 is 11.1 Å². The van der Waals surface area contributed by atoms with Crippen molar-refractivity contribution in [2.45, 2.75) is 44.7 Å². The number of nitrogens with one attached hydrogen (secondary N) is 1. The average molecular weight is 243 g/mol. The lowest BCUT2D eigenvalue weighted by atomic mass is 10.0. The Balaban J connectivity index is 2.29. The maximum Gasteiger partial charge on any atom is 0.234 e. The highest BCUT2D eigenvalue weighted by molar-refractivity contribution is 5.78. The molecule has 0 bridgehead atoms. The van der Waals surface area contributed by atoms with Gasteiger partial charge in [-0.15, -0.1) is 0 Å². The zero-order valence-corrected chi connectivity index (χ0v) is 10.9. The molecule has 1 saturated heterocycles. The van der Waals surface area contributed by atoms with Crippen molar-refractivity contribution < 1.29 is 9.90 Å². The number of hydrogen-bond acceptors (Lipinski definition) is 4. The molecule has 0 aromatic rings. The smallest absolute Gasteiger partial charge is 0.234 e. The topological polar surface area (TPSA) is 78.6 Å². The van der Waals surface area contributed by atoms with Crippen molar-refractivity contribution in [3.05, 3.63) is 0 Å². The van der Waals surface area contributed by atoms with E-state index in [4.69, 9.17) is 10.8 Å². The summed E-state index contributed by atoms with van der Waals surface area (Å²) < 4.78 is 0. The summed E-state index contributed by atoms with van der Waals surface area (Å²) in [6, 6.07) is 0.292. The second-order valence-corrected chi connectivity index (χ2v) is 5.52. The number of carbonyl (C=O) groups is 1. The molecule has 17 heavy (non-hydrogen) atoms. The molecule has 0 aromatic heterocycles. The number of aliphatic hydroxyl groups is 1. The summed E-state index contributed by atoms with van der Waals surface area (Å²) in [4.78, 5) is 14.0. The van der Waals surface area contributed by atoms with Gasteiger partial charge in [-0.2, -0.15) is 0 Å². The third-order valence-corrected chi connectivity index (χ3v) is 3.21. The van der Waals surface area contributed by atoms with Gasteiger partial charge in [-0.1, -0.05) is 0 Å². The fourth-order valence-electron chi connectivity index (χ4n) is 2.07. The molecule has 5 heteroatoms. The van der Waals surface area contributed by atoms with Crippen molar-refractivity contribution in [1.82, 2.24) is 10.2 Å². The third kappa shape index (κ3) is 5.48. The minimum atomic E-state index is -0.335. The van der Waals surface area contributed by atoms with Crippen LogP contribution in [0, 0.1) is 0 Å². The molecule has 0 atom stereocenters. The average Bonchev–Trinajstić information content (AvgIpc) is 2.20. The van der Waals surface area contributed by atoms with Crippen molar-refractivity contribution in [3.8, 4) is 0 Å². The number of nitrogens with two attached hydrogens (primary N) is 1. The van der Waals surface area contributed by atoms with Gasteiger partial charge >= 0.3 is 0 Å². The molecule has 1 heterocycles. The van der Waals surface area contributed by atoms with Crippen molar-refractivity contribution in [2.24, 2.45) is 5.73 Å². The van der Waals surface area contributed by atoms with Gasteiger partial charge in [0.05, 0.1) is 6.54 Å². The van der Waals surface area contributed by atoms with E-state index in [0.29, 0.717) is 19.0 Å². The molecule has 1 rings (SSSR count). The molecule has 100 valence electrons. The van der Waals surface area contributed by atoms with Crippen LogP contribution in [-0.4, -0.2) is 53.7 Å². The zero-order valence-electron chi connectivity index (χ0n) is 10.9. The lowest BCUT2D eigenvalue weighted by Crippen LogP contribution is -2.50. The molecule has 1 fully saturated rings. The molecular weight excluding hydrogens is 218 g/mol. The van der Waals surface area contributed by atoms with Gasteiger partial charge in [0.2, 0.25) is 5.91 Å². The first-order valence-corrected chi connectivity index (χ1v) is 6.33. The summed E-state index contributed by atoms with van der Waals surface area (Å²) in [5.41, 5.74) is 5.48. The van der Waals surface area contributed by atoms with Crippen molar-refractivity contribution in [1.29, 1.82) is 0 Å². The molecule has 1 aliphatic heterocycles. The minimum absolute atomic E-state index is 0.0268. The number of hydrogen-bond donors (Lipinski definition) is 3. The Bertz CT molecular complexity index is 248. The van der Waals surface area contributed by atoms with E-state index in [9.17, 15) is 4.79 Å². The Kier molecular flexibility index (Phi) is 5.36. The number of carbonyl (C=O) groups excluding carboxylic acids is 1. The minimum Gasteiger partial charge on any atom is -0.396 e. The maximum absolute atomic E-state index is 11.8. The number of piperidine rings is 1. The van der Waals surface area contributed by atoms with E-state index >= 15 is 0 Å². The van der Waals surface area contributed by atoms with Gasteiger partial charge in [-0.3, -0.25) is 9.69 Å². The van der Waals surface area contributed by atoms with E-state index in [1.54, 1.807) is 0 Å². The normalized spacial score (nSPS) is 19.3. The first-order valence-electron chi connectivity index (χ1n) is 6.33. The van der Waals surface area contributed by atoms with Gasteiger partial charge in [0.15, 0.2) is 0 Å². The van der Waals surface area contributed by atoms with Crippen LogP contribution >= 0.6 is 0 Å². The van der Waals surface area contributed by atoms with E-state index in [2.05, 4.69) is 10.2 Å². The highest BCUT2D eigenvalue weighted by Crippen LogP contribution is 2.09. The Morgan fingerprint density at radius 1 is 1.47 bits per heavy atom. The fourth-order valence-corrected chi connectivity index (χ4v) is 2.07. The van der Waals surface area contributed by atoms with E-state index in [1.807, 2.05) is 13.8 Å². The lowest BCUT2D eigenvalue weighted by Gasteiger charge is -2.31. The number of rotatable bonds is 5. The molecule has 0 unspecified atom stereocenters. The zero-order chi connectivity index (χ0) is 12.9. The lowest BCUT2D eigenvalue weighted by molar-refractivity contribution is -0.124. The monoisotopic (exact) mass is 243 g/mol. The summed E-state index contributed by atoms with van der Waals surface area (Å²) in [5.74, 6) is 0.0268. The van der Waals surface area contributed by atoms with Crippen LogP contribution in [-0.2, 0) is 4.79 Å². The van der Waals surface area contributed by atoms with E-state index in [0.717, 1.165) is 25.9 Å². The van der Waals surface area contributed by atoms with Gasteiger partial charge < -0.3 is 16.2 Å².